The zero-order valence-corrected chi connectivity index (χ0v) is 8.70. The molecule has 0 unspecified atom stereocenters. The Morgan fingerprint density at radius 2 is 2.07 bits per heavy atom. The molecule has 76 valence electrons. The molecule has 0 atom stereocenters. The van der Waals surface area contributed by atoms with E-state index < -0.39 is 0 Å². The van der Waals surface area contributed by atoms with Crippen LogP contribution in [-0.2, 0) is 4.74 Å². The summed E-state index contributed by atoms with van der Waals surface area (Å²) in [7, 11) is 1.36. The zero-order chi connectivity index (χ0) is 10.7. The maximum atomic E-state index is 11.2. The van der Waals surface area contributed by atoms with Crippen LogP contribution in [0.2, 0.25) is 0 Å². The number of carbonyl (C=O) groups is 1. The number of nitrogens with two attached hydrogens (primary N) is 1. The first kappa shape index (κ1) is 10.6. The standard InChI is InChI=1S/C11H15NO2/c1-7(2)9-5-4-8(6-10(9)12)11(13)14-3/h4-7H,12H2,1-3H3. The van der Waals surface area contributed by atoms with Gasteiger partial charge in [0.15, 0.2) is 0 Å². The van der Waals surface area contributed by atoms with E-state index in [2.05, 4.69) is 18.6 Å². The van der Waals surface area contributed by atoms with E-state index in [1.165, 1.54) is 7.11 Å². The van der Waals surface area contributed by atoms with Crippen molar-refractivity contribution in [1.82, 2.24) is 0 Å². The lowest BCUT2D eigenvalue weighted by atomic mass is 9.99. The normalized spacial score (nSPS) is 10.3. The molecule has 0 radical (unpaired) electrons. The van der Waals surface area contributed by atoms with Crippen molar-refractivity contribution in [3.8, 4) is 0 Å². The van der Waals surface area contributed by atoms with Gasteiger partial charge in [0.1, 0.15) is 0 Å². The highest BCUT2D eigenvalue weighted by Crippen LogP contribution is 2.22. The predicted molar refractivity (Wildman–Crippen MR) is 56.3 cm³/mol. The van der Waals surface area contributed by atoms with E-state index in [4.69, 9.17) is 5.73 Å². The molecule has 0 heterocycles. The number of rotatable bonds is 2. The first-order valence-corrected chi connectivity index (χ1v) is 4.54. The van der Waals surface area contributed by atoms with Crippen LogP contribution in [0, 0.1) is 0 Å². The van der Waals surface area contributed by atoms with E-state index in [1.54, 1.807) is 12.1 Å². The van der Waals surface area contributed by atoms with Crippen molar-refractivity contribution in [2.24, 2.45) is 0 Å². The van der Waals surface area contributed by atoms with Gasteiger partial charge in [-0.25, -0.2) is 4.79 Å². The third-order valence-corrected chi connectivity index (χ3v) is 2.13. The molecule has 14 heavy (non-hydrogen) atoms. The van der Waals surface area contributed by atoms with E-state index in [-0.39, 0.29) is 5.97 Å². The molecule has 0 bridgehead atoms. The van der Waals surface area contributed by atoms with Crippen LogP contribution in [0.5, 0.6) is 0 Å². The van der Waals surface area contributed by atoms with Gasteiger partial charge in [0.05, 0.1) is 12.7 Å². The van der Waals surface area contributed by atoms with Gasteiger partial charge in [0, 0.05) is 5.69 Å². The summed E-state index contributed by atoms with van der Waals surface area (Å²) in [5.74, 6) is 0.00806. The van der Waals surface area contributed by atoms with Crippen LogP contribution in [0.3, 0.4) is 0 Å². The quantitative estimate of drug-likeness (QED) is 0.578. The Morgan fingerprint density at radius 3 is 2.50 bits per heavy atom. The summed E-state index contributed by atoms with van der Waals surface area (Å²) in [6.07, 6.45) is 0. The number of carbonyl (C=O) groups excluding carboxylic acids is 1. The number of benzene rings is 1. The maximum absolute atomic E-state index is 11.2. The molecule has 3 heteroatoms. The predicted octanol–water partition coefficient (Wildman–Crippen LogP) is 2.18. The molecule has 0 aliphatic rings. The summed E-state index contributed by atoms with van der Waals surface area (Å²) in [4.78, 5) is 11.2. The van der Waals surface area contributed by atoms with Crippen LogP contribution >= 0.6 is 0 Å². The minimum absolute atomic E-state index is 0.355. The van der Waals surface area contributed by atoms with Gasteiger partial charge in [-0.3, -0.25) is 0 Å². The topological polar surface area (TPSA) is 52.3 Å². The molecular formula is C11H15NO2. The summed E-state index contributed by atoms with van der Waals surface area (Å²) in [6, 6.07) is 5.25. The minimum atomic E-state index is -0.355. The van der Waals surface area contributed by atoms with Crippen molar-refractivity contribution in [1.29, 1.82) is 0 Å². The maximum Gasteiger partial charge on any atom is 0.337 e. The SMILES string of the molecule is COC(=O)c1ccc(C(C)C)c(N)c1. The van der Waals surface area contributed by atoms with E-state index in [0.717, 1.165) is 5.56 Å². The number of methoxy groups -OCH3 is 1. The third kappa shape index (κ3) is 2.05. The van der Waals surface area contributed by atoms with E-state index in [9.17, 15) is 4.79 Å². The second kappa shape index (κ2) is 4.13. The Morgan fingerprint density at radius 1 is 1.43 bits per heavy atom. The van der Waals surface area contributed by atoms with Crippen molar-refractivity contribution in [2.75, 3.05) is 12.8 Å². The van der Waals surface area contributed by atoms with E-state index in [0.29, 0.717) is 17.2 Å². The number of ether oxygens (including phenoxy) is 1. The number of hydrogen-bond acceptors (Lipinski definition) is 3. The van der Waals surface area contributed by atoms with E-state index in [1.807, 2.05) is 6.07 Å². The number of nitrogen functional groups attached to an aromatic ring is 1. The molecule has 0 saturated heterocycles. The Balaban J connectivity index is 3.06. The third-order valence-electron chi connectivity index (χ3n) is 2.13. The van der Waals surface area contributed by atoms with Gasteiger partial charge in [-0.1, -0.05) is 19.9 Å². The number of esters is 1. The first-order chi connectivity index (χ1) is 6.56. The summed E-state index contributed by atoms with van der Waals surface area (Å²) in [5.41, 5.74) is 8.00. The lowest BCUT2D eigenvalue weighted by Crippen LogP contribution is -2.04. The van der Waals surface area contributed by atoms with Crippen LogP contribution in [0.15, 0.2) is 18.2 Å². The Bertz CT molecular complexity index is 345. The van der Waals surface area contributed by atoms with E-state index >= 15 is 0 Å². The fraction of sp³-hybridized carbons (Fsp3) is 0.364. The first-order valence-electron chi connectivity index (χ1n) is 4.54. The van der Waals surface area contributed by atoms with Gasteiger partial charge in [-0.15, -0.1) is 0 Å². The highest BCUT2D eigenvalue weighted by atomic mass is 16.5. The summed E-state index contributed by atoms with van der Waals surface area (Å²) in [5, 5.41) is 0. The van der Waals surface area contributed by atoms with Gasteiger partial charge in [-0.05, 0) is 23.6 Å². The van der Waals surface area contributed by atoms with Crippen LogP contribution in [0.25, 0.3) is 0 Å². The summed E-state index contributed by atoms with van der Waals surface area (Å²) >= 11 is 0. The van der Waals surface area contributed by atoms with Gasteiger partial charge >= 0.3 is 5.97 Å². The van der Waals surface area contributed by atoms with Crippen molar-refractivity contribution in [3.63, 3.8) is 0 Å². The average Bonchev–Trinajstić information content (AvgIpc) is 2.15. The Kier molecular flexibility index (Phi) is 3.12. The highest BCUT2D eigenvalue weighted by molar-refractivity contribution is 5.90. The summed E-state index contributed by atoms with van der Waals surface area (Å²) in [6.45, 7) is 4.12. The van der Waals surface area contributed by atoms with Crippen molar-refractivity contribution in [2.45, 2.75) is 19.8 Å². The largest absolute Gasteiger partial charge is 0.465 e. The lowest BCUT2D eigenvalue weighted by Gasteiger charge is -2.10. The second-order valence-electron chi connectivity index (χ2n) is 3.49. The van der Waals surface area contributed by atoms with Crippen molar-refractivity contribution in [3.05, 3.63) is 29.3 Å². The molecule has 0 aromatic heterocycles. The fourth-order valence-electron chi connectivity index (χ4n) is 1.35. The zero-order valence-electron chi connectivity index (χ0n) is 8.70. The molecular weight excluding hydrogens is 178 g/mol. The molecule has 1 rings (SSSR count). The van der Waals surface area contributed by atoms with Crippen LogP contribution < -0.4 is 5.73 Å². The second-order valence-corrected chi connectivity index (χ2v) is 3.49. The smallest absolute Gasteiger partial charge is 0.337 e. The molecule has 2 N–H and O–H groups in total. The molecule has 1 aromatic carbocycles. The number of anilines is 1. The monoisotopic (exact) mass is 193 g/mol. The molecule has 0 aliphatic heterocycles. The van der Waals surface area contributed by atoms with Crippen molar-refractivity contribution < 1.29 is 9.53 Å². The van der Waals surface area contributed by atoms with Gasteiger partial charge in [0.25, 0.3) is 0 Å². The lowest BCUT2D eigenvalue weighted by molar-refractivity contribution is 0.0601. The van der Waals surface area contributed by atoms with Crippen LogP contribution in [0.1, 0.15) is 35.7 Å². The molecule has 0 saturated carbocycles. The average molecular weight is 193 g/mol. The van der Waals surface area contributed by atoms with Crippen LogP contribution in [0.4, 0.5) is 5.69 Å². The Labute approximate surface area is 83.9 Å². The van der Waals surface area contributed by atoms with Gasteiger partial charge in [0.2, 0.25) is 0 Å². The Hall–Kier alpha value is -1.51. The minimum Gasteiger partial charge on any atom is -0.465 e. The van der Waals surface area contributed by atoms with Crippen molar-refractivity contribution >= 4 is 11.7 Å². The molecule has 1 aromatic rings. The van der Waals surface area contributed by atoms with Crippen LogP contribution in [-0.4, -0.2) is 13.1 Å². The molecule has 3 nitrogen and oxygen atoms in total. The fourth-order valence-corrected chi connectivity index (χ4v) is 1.35. The molecule has 0 amide bonds. The molecule has 0 fully saturated rings. The highest BCUT2D eigenvalue weighted by Gasteiger charge is 2.09. The molecule has 0 aliphatic carbocycles. The summed E-state index contributed by atoms with van der Waals surface area (Å²) < 4.78 is 4.60. The number of hydrogen-bond donors (Lipinski definition) is 1. The molecule has 0 spiro atoms. The van der Waals surface area contributed by atoms with Gasteiger partial charge in [-0.2, -0.15) is 0 Å². The van der Waals surface area contributed by atoms with Gasteiger partial charge < -0.3 is 10.5 Å².